The molecule has 0 radical (unpaired) electrons. The molecule has 0 aliphatic rings. The summed E-state index contributed by atoms with van der Waals surface area (Å²) in [7, 11) is 0. The van der Waals surface area contributed by atoms with Crippen LogP contribution in [0, 0.1) is 23.7 Å². The van der Waals surface area contributed by atoms with Crippen LogP contribution in [0.5, 0.6) is 0 Å². The normalized spacial score (nSPS) is 17.8. The second kappa shape index (κ2) is 8.19. The molecule has 0 aromatic carbocycles. The van der Waals surface area contributed by atoms with E-state index in [1.807, 2.05) is 0 Å². The van der Waals surface area contributed by atoms with Crippen LogP contribution in [0.1, 0.15) is 73.6 Å². The van der Waals surface area contributed by atoms with Gasteiger partial charge in [-0.2, -0.15) is 0 Å². The predicted octanol–water partition coefficient (Wildman–Crippen LogP) is 5.52. The van der Waals surface area contributed by atoms with Gasteiger partial charge in [0.15, 0.2) is 0 Å². The van der Waals surface area contributed by atoms with Crippen molar-refractivity contribution in [3.8, 4) is 0 Å². The average Bonchev–Trinajstić information content (AvgIpc) is 2.18. The standard InChI is InChI=1S/C15H32/c1-7-9-11-15(13(5)10-8-2)14(6)12(3)4/h12-15H,7-11H2,1-6H3. The molecule has 0 fully saturated rings. The Morgan fingerprint density at radius 2 is 1.40 bits per heavy atom. The van der Waals surface area contributed by atoms with Crippen LogP contribution < -0.4 is 0 Å². The van der Waals surface area contributed by atoms with Crippen LogP contribution in [0.15, 0.2) is 0 Å². The van der Waals surface area contributed by atoms with Crippen molar-refractivity contribution in [1.82, 2.24) is 0 Å². The Hall–Kier alpha value is 0. The maximum atomic E-state index is 2.46. The molecule has 0 nitrogen and oxygen atoms in total. The van der Waals surface area contributed by atoms with Crippen molar-refractivity contribution in [2.24, 2.45) is 23.7 Å². The Morgan fingerprint density at radius 3 is 1.80 bits per heavy atom. The number of hydrogen-bond acceptors (Lipinski definition) is 0. The molecular weight excluding hydrogens is 180 g/mol. The fourth-order valence-electron chi connectivity index (χ4n) is 2.67. The van der Waals surface area contributed by atoms with E-state index < -0.39 is 0 Å². The Balaban J connectivity index is 4.27. The smallest absolute Gasteiger partial charge is 0.0360 e. The van der Waals surface area contributed by atoms with Gasteiger partial charge in [0, 0.05) is 0 Å². The van der Waals surface area contributed by atoms with Crippen molar-refractivity contribution in [3.05, 3.63) is 0 Å². The highest BCUT2D eigenvalue weighted by Crippen LogP contribution is 2.33. The molecule has 0 aliphatic carbocycles. The van der Waals surface area contributed by atoms with Gasteiger partial charge in [-0.15, -0.1) is 0 Å². The summed E-state index contributed by atoms with van der Waals surface area (Å²) in [4.78, 5) is 0. The van der Waals surface area contributed by atoms with Crippen molar-refractivity contribution in [2.75, 3.05) is 0 Å². The summed E-state index contributed by atoms with van der Waals surface area (Å²) in [5.41, 5.74) is 0. The first-order valence-electron chi connectivity index (χ1n) is 7.04. The van der Waals surface area contributed by atoms with Gasteiger partial charge in [-0.3, -0.25) is 0 Å². The first-order valence-corrected chi connectivity index (χ1v) is 7.04. The monoisotopic (exact) mass is 212 g/mol. The molecule has 3 atom stereocenters. The third kappa shape index (κ3) is 5.58. The molecule has 0 heteroatoms. The van der Waals surface area contributed by atoms with Gasteiger partial charge < -0.3 is 0 Å². The summed E-state index contributed by atoms with van der Waals surface area (Å²) in [5, 5.41) is 0. The third-order valence-electron chi connectivity index (χ3n) is 4.09. The zero-order chi connectivity index (χ0) is 11.8. The zero-order valence-electron chi connectivity index (χ0n) is 11.8. The van der Waals surface area contributed by atoms with Crippen LogP contribution in [0.3, 0.4) is 0 Å². The maximum Gasteiger partial charge on any atom is -0.0360 e. The highest BCUT2D eigenvalue weighted by molar-refractivity contribution is 4.74. The lowest BCUT2D eigenvalue weighted by Gasteiger charge is -2.32. The van der Waals surface area contributed by atoms with Crippen LogP contribution in [0.2, 0.25) is 0 Å². The Kier molecular flexibility index (Phi) is 8.19. The first kappa shape index (κ1) is 15.0. The number of hydrogen-bond donors (Lipinski definition) is 0. The molecule has 0 amide bonds. The van der Waals surface area contributed by atoms with Gasteiger partial charge in [0.25, 0.3) is 0 Å². The first-order chi connectivity index (χ1) is 7.04. The molecule has 0 saturated heterocycles. The fourth-order valence-corrected chi connectivity index (χ4v) is 2.67. The van der Waals surface area contributed by atoms with E-state index in [-0.39, 0.29) is 0 Å². The molecule has 15 heavy (non-hydrogen) atoms. The number of rotatable bonds is 8. The van der Waals surface area contributed by atoms with Crippen molar-refractivity contribution in [2.45, 2.75) is 73.6 Å². The molecule has 0 N–H and O–H groups in total. The van der Waals surface area contributed by atoms with Crippen LogP contribution in [0.25, 0.3) is 0 Å². The van der Waals surface area contributed by atoms with Crippen molar-refractivity contribution in [3.63, 3.8) is 0 Å². The Bertz CT molecular complexity index is 137. The van der Waals surface area contributed by atoms with E-state index in [9.17, 15) is 0 Å². The Labute approximate surface area is 97.8 Å². The van der Waals surface area contributed by atoms with E-state index in [1.165, 1.54) is 32.1 Å². The fraction of sp³-hybridized carbons (Fsp3) is 1.00. The maximum absolute atomic E-state index is 2.46. The molecule has 0 bridgehead atoms. The van der Waals surface area contributed by atoms with Crippen molar-refractivity contribution in [1.29, 1.82) is 0 Å². The highest BCUT2D eigenvalue weighted by atomic mass is 14.3. The van der Waals surface area contributed by atoms with E-state index in [0.717, 1.165) is 23.7 Å². The van der Waals surface area contributed by atoms with E-state index in [2.05, 4.69) is 41.5 Å². The molecule has 92 valence electrons. The van der Waals surface area contributed by atoms with Crippen LogP contribution in [-0.2, 0) is 0 Å². The quantitative estimate of drug-likeness (QED) is 0.497. The van der Waals surface area contributed by atoms with Crippen LogP contribution >= 0.6 is 0 Å². The highest BCUT2D eigenvalue weighted by Gasteiger charge is 2.24. The van der Waals surface area contributed by atoms with Gasteiger partial charge in [-0.1, -0.05) is 67.2 Å². The van der Waals surface area contributed by atoms with E-state index in [1.54, 1.807) is 0 Å². The minimum Gasteiger partial charge on any atom is -0.0654 e. The van der Waals surface area contributed by atoms with Gasteiger partial charge in [-0.25, -0.2) is 0 Å². The average molecular weight is 212 g/mol. The second-order valence-corrected chi connectivity index (χ2v) is 5.68. The van der Waals surface area contributed by atoms with E-state index in [0.29, 0.717) is 0 Å². The van der Waals surface area contributed by atoms with E-state index in [4.69, 9.17) is 0 Å². The van der Waals surface area contributed by atoms with Gasteiger partial charge in [0.2, 0.25) is 0 Å². The predicted molar refractivity (Wildman–Crippen MR) is 71.1 cm³/mol. The minimum atomic E-state index is 0.839. The molecule has 0 spiro atoms. The molecule has 0 aromatic heterocycles. The van der Waals surface area contributed by atoms with Gasteiger partial charge in [0.1, 0.15) is 0 Å². The number of unbranched alkanes of at least 4 members (excludes halogenated alkanes) is 1. The third-order valence-corrected chi connectivity index (χ3v) is 4.09. The summed E-state index contributed by atoms with van der Waals surface area (Å²) in [5.74, 6) is 3.59. The Morgan fingerprint density at radius 1 is 0.800 bits per heavy atom. The SMILES string of the molecule is CCCCC(C(C)CCC)C(C)C(C)C. The molecule has 0 rings (SSSR count). The largest absolute Gasteiger partial charge is 0.0654 e. The zero-order valence-corrected chi connectivity index (χ0v) is 11.8. The van der Waals surface area contributed by atoms with E-state index >= 15 is 0 Å². The second-order valence-electron chi connectivity index (χ2n) is 5.68. The topological polar surface area (TPSA) is 0 Å². The lowest BCUT2D eigenvalue weighted by Crippen LogP contribution is -2.23. The molecule has 0 saturated carbocycles. The lowest BCUT2D eigenvalue weighted by molar-refractivity contribution is 0.179. The summed E-state index contributed by atoms with van der Waals surface area (Å²) >= 11 is 0. The molecular formula is C15H32. The van der Waals surface area contributed by atoms with Crippen LogP contribution in [-0.4, -0.2) is 0 Å². The van der Waals surface area contributed by atoms with Crippen molar-refractivity contribution >= 4 is 0 Å². The molecule has 0 heterocycles. The van der Waals surface area contributed by atoms with Crippen molar-refractivity contribution < 1.29 is 0 Å². The molecule has 0 aliphatic heterocycles. The molecule has 0 aromatic rings. The summed E-state index contributed by atoms with van der Waals surface area (Å²) in [6, 6.07) is 0. The van der Waals surface area contributed by atoms with Crippen LogP contribution in [0.4, 0.5) is 0 Å². The minimum absolute atomic E-state index is 0.839. The molecule has 3 unspecified atom stereocenters. The summed E-state index contributed by atoms with van der Waals surface area (Å²) in [6.07, 6.45) is 6.95. The van der Waals surface area contributed by atoms with Gasteiger partial charge >= 0.3 is 0 Å². The summed E-state index contributed by atoms with van der Waals surface area (Å²) < 4.78 is 0. The summed E-state index contributed by atoms with van der Waals surface area (Å²) in [6.45, 7) is 14.3. The lowest BCUT2D eigenvalue weighted by atomic mass is 9.74. The van der Waals surface area contributed by atoms with Gasteiger partial charge in [-0.05, 0) is 30.1 Å². The van der Waals surface area contributed by atoms with Gasteiger partial charge in [0.05, 0.1) is 0 Å².